The van der Waals surface area contributed by atoms with E-state index in [1.807, 2.05) is 33.8 Å². The Morgan fingerprint density at radius 3 is 2.67 bits per heavy atom. The summed E-state index contributed by atoms with van der Waals surface area (Å²) in [6, 6.07) is 2.82. The summed E-state index contributed by atoms with van der Waals surface area (Å²) in [6.45, 7) is 8.62. The summed E-state index contributed by atoms with van der Waals surface area (Å²) >= 11 is 1.27. The lowest BCUT2D eigenvalue weighted by Gasteiger charge is -2.13. The fraction of sp³-hybridized carbons (Fsp3) is 0.522. The molecule has 1 aromatic carbocycles. The summed E-state index contributed by atoms with van der Waals surface area (Å²) in [7, 11) is 0. The van der Waals surface area contributed by atoms with E-state index in [0.717, 1.165) is 61.0 Å². The van der Waals surface area contributed by atoms with Crippen LogP contribution in [0, 0.1) is 0 Å². The molecular weight excluding hydrogens is 453 g/mol. The van der Waals surface area contributed by atoms with Gasteiger partial charge in [-0.3, -0.25) is 4.79 Å². The monoisotopic (exact) mass is 482 g/mol. The van der Waals surface area contributed by atoms with Gasteiger partial charge in [0.1, 0.15) is 5.01 Å². The molecule has 0 radical (unpaired) electrons. The molecule has 1 aromatic heterocycles. The Bertz CT molecular complexity index is 1090. The van der Waals surface area contributed by atoms with Gasteiger partial charge < -0.3 is 4.84 Å². The van der Waals surface area contributed by atoms with E-state index in [4.69, 9.17) is 4.84 Å². The van der Waals surface area contributed by atoms with Crippen LogP contribution in [0.4, 0.5) is 13.2 Å². The lowest BCUT2D eigenvalue weighted by atomic mass is 9.98. The van der Waals surface area contributed by atoms with Gasteiger partial charge in [-0.2, -0.15) is 23.3 Å². The Labute approximate surface area is 195 Å². The SMILES string of the molecule is CCCCn1nc(C(C)(C)C)sc1=NC(=O)c1cc(C(F)(F)F)ccc1ONC1=CCCC1. The average molecular weight is 483 g/mol. The number of hydrogen-bond donors (Lipinski definition) is 1. The smallest absolute Gasteiger partial charge is 0.382 e. The van der Waals surface area contributed by atoms with E-state index in [0.29, 0.717) is 11.3 Å². The van der Waals surface area contributed by atoms with Gasteiger partial charge in [-0.25, -0.2) is 10.2 Å². The van der Waals surface area contributed by atoms with Crippen LogP contribution in [0.15, 0.2) is 35.0 Å². The number of aromatic nitrogens is 2. The second-order valence-corrected chi connectivity index (χ2v) is 9.92. The molecule has 1 heterocycles. The van der Waals surface area contributed by atoms with Gasteiger partial charge in [0.25, 0.3) is 5.91 Å². The zero-order chi connectivity index (χ0) is 24.2. The second-order valence-electron chi connectivity index (χ2n) is 8.97. The molecule has 1 N–H and O–H groups in total. The molecule has 0 saturated heterocycles. The molecule has 1 aliphatic rings. The van der Waals surface area contributed by atoms with Gasteiger partial charge in [0, 0.05) is 17.7 Å². The van der Waals surface area contributed by atoms with Gasteiger partial charge in [0.15, 0.2) is 5.75 Å². The first-order valence-electron chi connectivity index (χ1n) is 11.0. The summed E-state index contributed by atoms with van der Waals surface area (Å²) in [4.78, 5) is 23.1. The molecule has 33 heavy (non-hydrogen) atoms. The normalized spacial score (nSPS) is 15.0. The number of nitrogens with one attached hydrogen (secondary N) is 1. The average Bonchev–Trinajstić information content (AvgIpc) is 3.39. The van der Waals surface area contributed by atoms with Gasteiger partial charge in [-0.05, 0) is 43.9 Å². The third kappa shape index (κ3) is 6.46. The molecule has 3 rings (SSSR count). The number of nitrogens with zero attached hydrogens (tertiary/aromatic N) is 3. The van der Waals surface area contributed by atoms with Crippen LogP contribution in [0.2, 0.25) is 0 Å². The van der Waals surface area contributed by atoms with E-state index in [-0.39, 0.29) is 16.7 Å². The minimum Gasteiger partial charge on any atom is -0.382 e. The van der Waals surface area contributed by atoms with Crippen molar-refractivity contribution < 1.29 is 22.8 Å². The van der Waals surface area contributed by atoms with E-state index in [1.54, 1.807) is 4.68 Å². The van der Waals surface area contributed by atoms with Crippen molar-refractivity contribution in [2.45, 2.75) is 77.9 Å². The Morgan fingerprint density at radius 1 is 1.30 bits per heavy atom. The van der Waals surface area contributed by atoms with Crippen LogP contribution in [0.5, 0.6) is 5.75 Å². The van der Waals surface area contributed by atoms with Crippen LogP contribution in [0.25, 0.3) is 0 Å². The third-order valence-electron chi connectivity index (χ3n) is 5.05. The highest BCUT2D eigenvalue weighted by molar-refractivity contribution is 7.09. The van der Waals surface area contributed by atoms with Gasteiger partial charge in [0.2, 0.25) is 4.80 Å². The van der Waals surface area contributed by atoms with Gasteiger partial charge in [-0.15, -0.1) is 0 Å². The first-order valence-corrected chi connectivity index (χ1v) is 11.8. The first-order chi connectivity index (χ1) is 15.5. The van der Waals surface area contributed by atoms with Crippen molar-refractivity contribution >= 4 is 17.2 Å². The predicted octanol–water partition coefficient (Wildman–Crippen LogP) is 5.75. The molecule has 6 nitrogen and oxygen atoms in total. The molecule has 0 aliphatic heterocycles. The number of hydrogen-bond acceptors (Lipinski definition) is 5. The molecule has 0 atom stereocenters. The van der Waals surface area contributed by atoms with Crippen LogP contribution >= 0.6 is 11.3 Å². The van der Waals surface area contributed by atoms with Gasteiger partial charge in [-0.1, -0.05) is 51.5 Å². The first kappa shape index (κ1) is 25.0. The Morgan fingerprint density at radius 2 is 2.06 bits per heavy atom. The minimum absolute atomic E-state index is 0.00906. The lowest BCUT2D eigenvalue weighted by Crippen LogP contribution is -2.21. The molecule has 1 amide bonds. The van der Waals surface area contributed by atoms with E-state index >= 15 is 0 Å². The van der Waals surface area contributed by atoms with Crippen molar-refractivity contribution in [2.24, 2.45) is 4.99 Å². The maximum Gasteiger partial charge on any atom is 0.416 e. The topological polar surface area (TPSA) is 68.5 Å². The number of rotatable bonds is 7. The fourth-order valence-corrected chi connectivity index (χ4v) is 4.13. The minimum atomic E-state index is -4.60. The summed E-state index contributed by atoms with van der Waals surface area (Å²) in [5.41, 5.74) is 2.13. The van der Waals surface area contributed by atoms with Crippen molar-refractivity contribution in [2.75, 3.05) is 0 Å². The largest absolute Gasteiger partial charge is 0.416 e. The van der Waals surface area contributed by atoms with Crippen molar-refractivity contribution in [3.8, 4) is 5.75 Å². The van der Waals surface area contributed by atoms with Crippen molar-refractivity contribution in [3.63, 3.8) is 0 Å². The maximum atomic E-state index is 13.3. The molecule has 0 bridgehead atoms. The van der Waals surface area contributed by atoms with Crippen molar-refractivity contribution in [1.82, 2.24) is 15.3 Å². The molecule has 2 aromatic rings. The molecule has 180 valence electrons. The van der Waals surface area contributed by atoms with Crippen LogP contribution in [-0.2, 0) is 18.1 Å². The van der Waals surface area contributed by atoms with E-state index in [1.165, 1.54) is 11.3 Å². The molecule has 0 fully saturated rings. The number of alkyl halides is 3. The van der Waals surface area contributed by atoms with E-state index in [2.05, 4.69) is 15.6 Å². The van der Waals surface area contributed by atoms with E-state index in [9.17, 15) is 18.0 Å². The molecular formula is C23H29F3N4O2S. The van der Waals surface area contributed by atoms with Crippen LogP contribution in [0.1, 0.15) is 80.7 Å². The van der Waals surface area contributed by atoms with E-state index < -0.39 is 17.6 Å². The number of hydroxylamine groups is 1. The zero-order valence-electron chi connectivity index (χ0n) is 19.3. The summed E-state index contributed by atoms with van der Waals surface area (Å²) in [5, 5.41) is 5.38. The number of carbonyl (C=O) groups is 1. The van der Waals surface area contributed by atoms with Crippen molar-refractivity contribution in [1.29, 1.82) is 0 Å². The fourth-order valence-electron chi connectivity index (χ4n) is 3.14. The summed E-state index contributed by atoms with van der Waals surface area (Å²) < 4.78 is 41.7. The molecule has 0 unspecified atom stereocenters. The van der Waals surface area contributed by atoms with Crippen LogP contribution in [-0.4, -0.2) is 15.7 Å². The van der Waals surface area contributed by atoms with Gasteiger partial charge >= 0.3 is 6.18 Å². The maximum absolute atomic E-state index is 13.3. The summed E-state index contributed by atoms with van der Waals surface area (Å²) in [6.07, 6.45) is 1.78. The second kappa shape index (κ2) is 10.1. The Hall–Kier alpha value is -2.62. The number of unbranched alkanes of at least 4 members (excludes halogenated alkanes) is 1. The molecule has 0 spiro atoms. The lowest BCUT2D eigenvalue weighted by molar-refractivity contribution is -0.137. The number of halogens is 3. The Kier molecular flexibility index (Phi) is 7.66. The molecule has 10 heteroatoms. The predicted molar refractivity (Wildman–Crippen MR) is 121 cm³/mol. The number of benzene rings is 1. The Balaban J connectivity index is 2.02. The number of carbonyl (C=O) groups excluding carboxylic acids is 1. The zero-order valence-corrected chi connectivity index (χ0v) is 20.1. The number of allylic oxidation sites excluding steroid dienone is 2. The summed E-state index contributed by atoms with van der Waals surface area (Å²) in [5.74, 6) is -0.821. The quantitative estimate of drug-likeness (QED) is 0.510. The van der Waals surface area contributed by atoms with Crippen LogP contribution < -0.4 is 15.1 Å². The molecule has 0 saturated carbocycles. The standard InChI is InChI=1S/C23H29F3N4O2S/c1-5-6-13-30-21(33-20(28-30)22(2,3)4)27-19(31)17-14-15(23(24,25)26)11-12-18(17)32-29-16-9-7-8-10-16/h9,11-12,14,29H,5-8,10,13H2,1-4H3. The highest BCUT2D eigenvalue weighted by Gasteiger charge is 2.32. The number of amides is 1. The highest BCUT2D eigenvalue weighted by Crippen LogP contribution is 2.33. The highest BCUT2D eigenvalue weighted by atomic mass is 32.1. The van der Waals surface area contributed by atoms with Crippen LogP contribution in [0.3, 0.4) is 0 Å². The van der Waals surface area contributed by atoms with Crippen molar-refractivity contribution in [3.05, 3.63) is 50.9 Å². The molecule has 1 aliphatic carbocycles. The third-order valence-corrected chi connectivity index (χ3v) is 6.42. The van der Waals surface area contributed by atoms with Gasteiger partial charge in [0.05, 0.1) is 11.1 Å². The number of aryl methyl sites for hydroxylation is 1.